The third-order valence-electron chi connectivity index (χ3n) is 6.34. The van der Waals surface area contributed by atoms with E-state index in [1.165, 1.54) is 23.2 Å². The number of carbonyl (C=O) groups excluding carboxylic acids is 1. The molecule has 0 saturated carbocycles. The average Bonchev–Trinajstić information content (AvgIpc) is 2.80. The van der Waals surface area contributed by atoms with Crippen LogP contribution in [-0.4, -0.2) is 43.6 Å². The van der Waals surface area contributed by atoms with Crippen LogP contribution in [0.25, 0.3) is 0 Å². The summed E-state index contributed by atoms with van der Waals surface area (Å²) < 4.78 is 5.33. The van der Waals surface area contributed by atoms with Gasteiger partial charge in [0.1, 0.15) is 6.34 Å². The summed E-state index contributed by atoms with van der Waals surface area (Å²) in [5.74, 6) is -0.261. The maximum absolute atomic E-state index is 12.6. The summed E-state index contributed by atoms with van der Waals surface area (Å²) in [4.78, 5) is 17.5. The smallest absolute Gasteiger partial charge is 0.338 e. The minimum atomic E-state index is -0.261. The van der Waals surface area contributed by atoms with Crippen molar-refractivity contribution in [3.05, 3.63) is 64.7 Å². The Morgan fingerprint density at radius 1 is 1.23 bits per heavy atom. The first-order valence-electron chi connectivity index (χ1n) is 11.0. The van der Waals surface area contributed by atoms with Gasteiger partial charge in [0.25, 0.3) is 0 Å². The number of aryl methyl sites for hydroxylation is 1. The predicted molar refractivity (Wildman–Crippen MR) is 118 cm³/mol. The van der Waals surface area contributed by atoms with Crippen molar-refractivity contribution < 1.29 is 9.53 Å². The number of carbonyl (C=O) groups is 1. The molecular formula is C24H28N4O2. The second-order valence-corrected chi connectivity index (χ2v) is 8.06. The molecule has 1 saturated heterocycles. The van der Waals surface area contributed by atoms with Gasteiger partial charge in [0.2, 0.25) is 0 Å². The van der Waals surface area contributed by atoms with Gasteiger partial charge in [-0.2, -0.15) is 0 Å². The van der Waals surface area contributed by atoms with Crippen LogP contribution in [0.4, 0.5) is 5.69 Å². The number of anilines is 1. The molecule has 0 radical (unpaired) electrons. The van der Waals surface area contributed by atoms with Gasteiger partial charge >= 0.3 is 5.97 Å². The fourth-order valence-corrected chi connectivity index (χ4v) is 5.00. The Balaban J connectivity index is 1.54. The standard InChI is InChI=1S/C24H28N4O2/c1-2-30-24(29)19-10-4-3-9-18(19)22-15-25-13-14-27(22)28-16-26-20-11-5-7-17-8-6-12-21(28)23(17)20/h3-4,6,8-10,12,16,20,22,25H,2,5,7,11,13-15H2,1H3. The van der Waals surface area contributed by atoms with Crippen molar-refractivity contribution in [3.8, 4) is 0 Å². The molecule has 2 atom stereocenters. The van der Waals surface area contributed by atoms with Gasteiger partial charge in [-0.1, -0.05) is 30.3 Å². The normalized spacial score (nSPS) is 23.2. The lowest BCUT2D eigenvalue weighted by molar-refractivity contribution is 0.0521. The molecule has 6 heteroatoms. The highest BCUT2D eigenvalue weighted by atomic mass is 16.5. The molecular weight excluding hydrogens is 376 g/mol. The molecule has 1 fully saturated rings. The molecule has 5 rings (SSSR count). The van der Waals surface area contributed by atoms with Gasteiger partial charge in [-0.3, -0.25) is 10.0 Å². The van der Waals surface area contributed by atoms with E-state index in [1.54, 1.807) is 0 Å². The summed E-state index contributed by atoms with van der Waals surface area (Å²) >= 11 is 0. The Bertz CT molecular complexity index is 973. The summed E-state index contributed by atoms with van der Waals surface area (Å²) in [7, 11) is 0. The Morgan fingerprint density at radius 2 is 2.13 bits per heavy atom. The van der Waals surface area contributed by atoms with E-state index >= 15 is 0 Å². The molecule has 6 nitrogen and oxygen atoms in total. The molecule has 156 valence electrons. The fraction of sp³-hybridized carbons (Fsp3) is 0.417. The minimum Gasteiger partial charge on any atom is -0.462 e. The maximum atomic E-state index is 12.6. The summed E-state index contributed by atoms with van der Waals surface area (Å²) in [6.07, 6.45) is 5.43. The molecule has 3 aliphatic rings. The topological polar surface area (TPSA) is 57.2 Å². The molecule has 2 aromatic rings. The lowest BCUT2D eigenvalue weighted by Gasteiger charge is -2.46. The molecule has 2 aliphatic heterocycles. The van der Waals surface area contributed by atoms with Crippen molar-refractivity contribution in [1.29, 1.82) is 0 Å². The van der Waals surface area contributed by atoms with Crippen LogP contribution in [0, 0.1) is 0 Å². The minimum absolute atomic E-state index is 0.0156. The van der Waals surface area contributed by atoms with Gasteiger partial charge < -0.3 is 10.1 Å². The van der Waals surface area contributed by atoms with E-state index in [2.05, 4.69) is 33.5 Å². The van der Waals surface area contributed by atoms with Crippen LogP contribution in [0.2, 0.25) is 0 Å². The number of hydrogen-bond donors (Lipinski definition) is 1. The van der Waals surface area contributed by atoms with E-state index in [9.17, 15) is 4.79 Å². The van der Waals surface area contributed by atoms with Crippen molar-refractivity contribution in [2.45, 2.75) is 38.3 Å². The largest absolute Gasteiger partial charge is 0.462 e. The Labute approximate surface area is 177 Å². The quantitative estimate of drug-likeness (QED) is 0.789. The number of rotatable bonds is 4. The van der Waals surface area contributed by atoms with E-state index < -0.39 is 0 Å². The van der Waals surface area contributed by atoms with Gasteiger partial charge in [0.05, 0.1) is 29.9 Å². The Kier molecular flexibility index (Phi) is 5.27. The van der Waals surface area contributed by atoms with E-state index in [-0.39, 0.29) is 18.1 Å². The van der Waals surface area contributed by atoms with Crippen molar-refractivity contribution in [2.24, 2.45) is 4.99 Å². The van der Waals surface area contributed by atoms with Crippen LogP contribution in [0.5, 0.6) is 0 Å². The highest BCUT2D eigenvalue weighted by Gasteiger charge is 2.35. The summed E-state index contributed by atoms with van der Waals surface area (Å²) in [5.41, 5.74) is 5.66. The SMILES string of the molecule is CCOC(=O)c1ccccc1C1CNCCN1N1C=NC2CCCc3cccc1c32. The molecule has 2 aromatic carbocycles. The fourth-order valence-electron chi connectivity index (χ4n) is 5.00. The third kappa shape index (κ3) is 3.30. The van der Waals surface area contributed by atoms with E-state index in [0.29, 0.717) is 12.2 Å². The van der Waals surface area contributed by atoms with Gasteiger partial charge in [-0.05, 0) is 49.4 Å². The van der Waals surface area contributed by atoms with Gasteiger partial charge in [0.15, 0.2) is 0 Å². The van der Waals surface area contributed by atoms with E-state index in [0.717, 1.165) is 38.0 Å². The third-order valence-corrected chi connectivity index (χ3v) is 6.34. The van der Waals surface area contributed by atoms with E-state index in [4.69, 9.17) is 9.73 Å². The number of nitrogens with one attached hydrogen (secondary N) is 1. The number of hydrogen-bond acceptors (Lipinski definition) is 6. The van der Waals surface area contributed by atoms with Crippen LogP contribution >= 0.6 is 0 Å². The molecule has 0 amide bonds. The first kappa shape index (κ1) is 19.3. The second kappa shape index (κ2) is 8.20. The van der Waals surface area contributed by atoms with Crippen LogP contribution in [0.1, 0.15) is 58.9 Å². The molecule has 0 bridgehead atoms. The van der Waals surface area contributed by atoms with Crippen LogP contribution in [-0.2, 0) is 11.2 Å². The number of esters is 1. The van der Waals surface area contributed by atoms with Gasteiger partial charge in [-0.15, -0.1) is 0 Å². The molecule has 0 spiro atoms. The number of aliphatic imine (C=N–C) groups is 1. The van der Waals surface area contributed by atoms with Crippen LogP contribution in [0.3, 0.4) is 0 Å². The first-order chi connectivity index (χ1) is 14.8. The summed E-state index contributed by atoms with van der Waals surface area (Å²) in [6.45, 7) is 4.70. The van der Waals surface area contributed by atoms with Crippen molar-refractivity contribution in [2.75, 3.05) is 31.3 Å². The maximum Gasteiger partial charge on any atom is 0.338 e. The lowest BCUT2D eigenvalue weighted by Crippen LogP contribution is -2.55. The van der Waals surface area contributed by atoms with Crippen molar-refractivity contribution >= 4 is 18.0 Å². The van der Waals surface area contributed by atoms with Crippen LogP contribution in [0.15, 0.2) is 47.5 Å². The predicted octanol–water partition coefficient (Wildman–Crippen LogP) is 3.65. The number of piperazine rings is 1. The Morgan fingerprint density at radius 3 is 3.03 bits per heavy atom. The zero-order chi connectivity index (χ0) is 20.5. The average molecular weight is 405 g/mol. The highest BCUT2D eigenvalue weighted by molar-refractivity contribution is 5.91. The zero-order valence-corrected chi connectivity index (χ0v) is 17.4. The monoisotopic (exact) mass is 404 g/mol. The molecule has 1 aliphatic carbocycles. The summed E-state index contributed by atoms with van der Waals surface area (Å²) in [5, 5.41) is 8.06. The van der Waals surface area contributed by atoms with Crippen LogP contribution < -0.4 is 10.3 Å². The lowest BCUT2D eigenvalue weighted by atomic mass is 9.86. The molecule has 30 heavy (non-hydrogen) atoms. The van der Waals surface area contributed by atoms with Crippen molar-refractivity contribution in [1.82, 2.24) is 10.3 Å². The molecule has 2 unspecified atom stereocenters. The number of hydrazine groups is 1. The van der Waals surface area contributed by atoms with Gasteiger partial charge in [-0.25, -0.2) is 9.80 Å². The van der Waals surface area contributed by atoms with E-state index in [1.807, 2.05) is 37.5 Å². The molecule has 2 heterocycles. The number of nitrogens with zero attached hydrogens (tertiary/aromatic N) is 3. The van der Waals surface area contributed by atoms with Gasteiger partial charge in [0, 0.05) is 25.2 Å². The second-order valence-electron chi connectivity index (χ2n) is 8.06. The zero-order valence-electron chi connectivity index (χ0n) is 17.4. The Hall–Kier alpha value is -2.70. The molecule has 0 aromatic heterocycles. The van der Waals surface area contributed by atoms with Crippen molar-refractivity contribution in [3.63, 3.8) is 0 Å². The first-order valence-corrected chi connectivity index (χ1v) is 11.0. The highest BCUT2D eigenvalue weighted by Crippen LogP contribution is 2.42. The molecule has 1 N–H and O–H groups in total. The number of benzene rings is 2. The summed E-state index contributed by atoms with van der Waals surface area (Å²) in [6, 6.07) is 14.7. The number of ether oxygens (including phenoxy) is 1.